The molecule has 1 fully saturated rings. The molecule has 0 radical (unpaired) electrons. The first-order valence-corrected chi connectivity index (χ1v) is 7.80. The Morgan fingerprint density at radius 2 is 2.00 bits per heavy atom. The van der Waals surface area contributed by atoms with Crippen molar-refractivity contribution in [1.82, 2.24) is 0 Å². The van der Waals surface area contributed by atoms with Crippen LogP contribution in [0.3, 0.4) is 0 Å². The summed E-state index contributed by atoms with van der Waals surface area (Å²) in [5.74, 6) is 0.0433. The Kier molecular flexibility index (Phi) is 4.01. The smallest absolute Gasteiger partial charge is 0.224 e. The van der Waals surface area contributed by atoms with Crippen molar-refractivity contribution in [3.8, 4) is 0 Å². The SMILES string of the molecule is Nc1cc2c(cc1NC1CCCCCC1O)CCC(=O)N2. The van der Waals surface area contributed by atoms with E-state index in [0.717, 1.165) is 49.0 Å². The molecule has 1 aromatic rings. The monoisotopic (exact) mass is 289 g/mol. The lowest BCUT2D eigenvalue weighted by Gasteiger charge is -2.25. The fraction of sp³-hybridized carbons (Fsp3) is 0.562. The van der Waals surface area contributed by atoms with Gasteiger partial charge in [0.25, 0.3) is 0 Å². The molecule has 2 atom stereocenters. The highest BCUT2D eigenvalue weighted by Crippen LogP contribution is 2.32. The summed E-state index contributed by atoms with van der Waals surface area (Å²) in [6.45, 7) is 0. The van der Waals surface area contributed by atoms with Gasteiger partial charge in [-0.15, -0.1) is 0 Å². The fourth-order valence-corrected chi connectivity index (χ4v) is 3.23. The highest BCUT2D eigenvalue weighted by molar-refractivity contribution is 5.95. The Bertz CT molecular complexity index is 545. The van der Waals surface area contributed by atoms with Crippen LogP contribution in [0.2, 0.25) is 0 Å². The minimum atomic E-state index is -0.317. The van der Waals surface area contributed by atoms with E-state index < -0.39 is 0 Å². The number of carbonyl (C=O) groups is 1. The maximum Gasteiger partial charge on any atom is 0.224 e. The van der Waals surface area contributed by atoms with Gasteiger partial charge in [-0.25, -0.2) is 0 Å². The molecule has 2 unspecified atom stereocenters. The first-order chi connectivity index (χ1) is 10.1. The van der Waals surface area contributed by atoms with Crippen LogP contribution in [0.5, 0.6) is 0 Å². The van der Waals surface area contributed by atoms with Crippen LogP contribution in [0.1, 0.15) is 44.1 Å². The third-order valence-corrected chi connectivity index (χ3v) is 4.49. The Balaban J connectivity index is 1.80. The van der Waals surface area contributed by atoms with Gasteiger partial charge in [-0.2, -0.15) is 0 Å². The van der Waals surface area contributed by atoms with Crippen molar-refractivity contribution in [1.29, 1.82) is 0 Å². The molecule has 1 heterocycles. The van der Waals surface area contributed by atoms with Gasteiger partial charge < -0.3 is 21.5 Å². The van der Waals surface area contributed by atoms with E-state index in [1.54, 1.807) is 0 Å². The van der Waals surface area contributed by atoms with Gasteiger partial charge in [0.15, 0.2) is 0 Å². The second-order valence-electron chi connectivity index (χ2n) is 6.10. The van der Waals surface area contributed by atoms with Crippen LogP contribution in [0.25, 0.3) is 0 Å². The average Bonchev–Trinajstić information content (AvgIpc) is 2.65. The van der Waals surface area contributed by atoms with Crippen molar-refractivity contribution < 1.29 is 9.90 Å². The van der Waals surface area contributed by atoms with E-state index in [1.165, 1.54) is 6.42 Å². The molecule has 1 amide bonds. The van der Waals surface area contributed by atoms with Gasteiger partial charge in [0.2, 0.25) is 5.91 Å². The number of aliphatic hydroxyl groups is 1. The van der Waals surface area contributed by atoms with E-state index in [4.69, 9.17) is 5.73 Å². The molecule has 0 saturated heterocycles. The largest absolute Gasteiger partial charge is 0.397 e. The van der Waals surface area contributed by atoms with Crippen LogP contribution in [0, 0.1) is 0 Å². The van der Waals surface area contributed by atoms with Gasteiger partial charge in [-0.05, 0) is 37.0 Å². The maximum absolute atomic E-state index is 11.4. The summed E-state index contributed by atoms with van der Waals surface area (Å²) in [7, 11) is 0. The number of hydrogen-bond acceptors (Lipinski definition) is 4. The number of aliphatic hydroxyl groups excluding tert-OH is 1. The molecule has 3 rings (SSSR count). The highest BCUT2D eigenvalue weighted by atomic mass is 16.3. The number of nitrogen functional groups attached to an aromatic ring is 1. The van der Waals surface area contributed by atoms with Crippen LogP contribution in [0.15, 0.2) is 12.1 Å². The van der Waals surface area contributed by atoms with Crippen LogP contribution < -0.4 is 16.4 Å². The van der Waals surface area contributed by atoms with Crippen LogP contribution in [-0.4, -0.2) is 23.2 Å². The third-order valence-electron chi connectivity index (χ3n) is 4.49. The summed E-state index contributed by atoms with van der Waals surface area (Å²) in [6, 6.07) is 3.89. The quantitative estimate of drug-likeness (QED) is 0.497. The van der Waals surface area contributed by atoms with Crippen LogP contribution in [-0.2, 0) is 11.2 Å². The van der Waals surface area contributed by atoms with Crippen molar-refractivity contribution >= 4 is 23.0 Å². The Labute approximate surface area is 124 Å². The number of rotatable bonds is 2. The van der Waals surface area contributed by atoms with Gasteiger partial charge in [-0.1, -0.05) is 19.3 Å². The van der Waals surface area contributed by atoms with E-state index in [2.05, 4.69) is 10.6 Å². The van der Waals surface area contributed by atoms with Crippen LogP contribution in [0.4, 0.5) is 17.1 Å². The third kappa shape index (κ3) is 3.13. The lowest BCUT2D eigenvalue weighted by Crippen LogP contribution is -2.33. The first kappa shape index (κ1) is 14.2. The number of nitrogens with two attached hydrogens (primary N) is 1. The molecule has 5 N–H and O–H groups in total. The summed E-state index contributed by atoms with van der Waals surface area (Å²) >= 11 is 0. The zero-order chi connectivity index (χ0) is 14.8. The molecule has 1 aromatic carbocycles. The minimum absolute atomic E-state index is 0.0433. The van der Waals surface area contributed by atoms with Crippen molar-refractivity contribution in [2.24, 2.45) is 0 Å². The van der Waals surface area contributed by atoms with Crippen molar-refractivity contribution in [3.05, 3.63) is 17.7 Å². The van der Waals surface area contributed by atoms with E-state index >= 15 is 0 Å². The molecule has 21 heavy (non-hydrogen) atoms. The molecule has 1 aliphatic carbocycles. The van der Waals surface area contributed by atoms with E-state index in [-0.39, 0.29) is 18.1 Å². The molecular weight excluding hydrogens is 266 g/mol. The summed E-state index contributed by atoms with van der Waals surface area (Å²) in [5, 5.41) is 16.5. The Hall–Kier alpha value is -1.75. The molecule has 0 aromatic heterocycles. The minimum Gasteiger partial charge on any atom is -0.397 e. The number of anilines is 3. The second kappa shape index (κ2) is 5.93. The summed E-state index contributed by atoms with van der Waals surface area (Å²) in [6.07, 6.45) is 6.16. The lowest BCUT2D eigenvalue weighted by molar-refractivity contribution is -0.116. The second-order valence-corrected chi connectivity index (χ2v) is 6.10. The van der Waals surface area contributed by atoms with Gasteiger partial charge in [0, 0.05) is 12.1 Å². The number of hydrogen-bond donors (Lipinski definition) is 4. The van der Waals surface area contributed by atoms with Crippen LogP contribution >= 0.6 is 0 Å². The average molecular weight is 289 g/mol. The van der Waals surface area contributed by atoms with Gasteiger partial charge in [-0.3, -0.25) is 4.79 Å². The highest BCUT2D eigenvalue weighted by Gasteiger charge is 2.23. The van der Waals surface area contributed by atoms with Gasteiger partial charge >= 0.3 is 0 Å². The zero-order valence-electron chi connectivity index (χ0n) is 12.2. The predicted octanol–water partition coefficient (Wildman–Crippen LogP) is 2.26. The molecule has 5 heteroatoms. The number of aryl methyl sites for hydroxylation is 1. The number of carbonyl (C=O) groups excluding carboxylic acids is 1. The normalized spacial score (nSPS) is 25.7. The van der Waals surface area contributed by atoms with Crippen molar-refractivity contribution in [2.45, 2.75) is 57.1 Å². The Morgan fingerprint density at radius 1 is 1.19 bits per heavy atom. The fourth-order valence-electron chi connectivity index (χ4n) is 3.23. The van der Waals surface area contributed by atoms with Gasteiger partial charge in [0.05, 0.1) is 23.5 Å². The number of benzene rings is 1. The van der Waals surface area contributed by atoms with Crippen molar-refractivity contribution in [2.75, 3.05) is 16.4 Å². The molecule has 1 aliphatic heterocycles. The molecule has 5 nitrogen and oxygen atoms in total. The molecule has 0 spiro atoms. The zero-order valence-corrected chi connectivity index (χ0v) is 12.2. The molecule has 114 valence electrons. The maximum atomic E-state index is 11.4. The summed E-state index contributed by atoms with van der Waals surface area (Å²) < 4.78 is 0. The number of nitrogens with one attached hydrogen (secondary N) is 2. The standard InChI is InChI=1S/C16H23N3O2/c17-11-9-13-10(6-7-16(21)19-13)8-14(11)18-12-4-2-1-3-5-15(12)20/h8-9,12,15,18,20H,1-7,17H2,(H,19,21). The molecular formula is C16H23N3O2. The lowest BCUT2D eigenvalue weighted by atomic mass is 10.00. The number of amides is 1. The predicted molar refractivity (Wildman–Crippen MR) is 84.3 cm³/mol. The molecule has 0 bridgehead atoms. The van der Waals surface area contributed by atoms with E-state index in [1.807, 2.05) is 12.1 Å². The van der Waals surface area contributed by atoms with E-state index in [0.29, 0.717) is 12.1 Å². The molecule has 1 saturated carbocycles. The van der Waals surface area contributed by atoms with Gasteiger partial charge in [0.1, 0.15) is 0 Å². The topological polar surface area (TPSA) is 87.4 Å². The number of fused-ring (bicyclic) bond motifs is 1. The van der Waals surface area contributed by atoms with E-state index in [9.17, 15) is 9.90 Å². The van der Waals surface area contributed by atoms with Crippen molar-refractivity contribution in [3.63, 3.8) is 0 Å². The Morgan fingerprint density at radius 3 is 2.86 bits per heavy atom. The summed E-state index contributed by atoms with van der Waals surface area (Å²) in [5.41, 5.74) is 9.51. The first-order valence-electron chi connectivity index (χ1n) is 7.80. The summed E-state index contributed by atoms with van der Waals surface area (Å²) in [4.78, 5) is 11.4. The molecule has 2 aliphatic rings.